The number of amides is 1. The van der Waals surface area contributed by atoms with E-state index >= 15 is 0 Å². The molecule has 0 spiro atoms. The van der Waals surface area contributed by atoms with Crippen LogP contribution in [0.15, 0.2) is 55.4 Å². The number of methoxy groups -OCH3 is 2. The van der Waals surface area contributed by atoms with Crippen molar-refractivity contribution in [1.82, 2.24) is 4.57 Å². The highest BCUT2D eigenvalue weighted by Gasteiger charge is 2.17. The zero-order chi connectivity index (χ0) is 17.8. The highest BCUT2D eigenvalue weighted by Crippen LogP contribution is 2.28. The fourth-order valence-corrected chi connectivity index (χ4v) is 2.72. The molecule has 6 nitrogen and oxygen atoms in total. The number of hydrogen-bond acceptors (Lipinski definition) is 3. The molecule has 128 valence electrons. The Morgan fingerprint density at radius 2 is 2.04 bits per heavy atom. The summed E-state index contributed by atoms with van der Waals surface area (Å²) < 4.78 is 14.2. The van der Waals surface area contributed by atoms with E-state index in [0.29, 0.717) is 17.2 Å². The summed E-state index contributed by atoms with van der Waals surface area (Å²) in [5.41, 5.74) is 2.55. The van der Waals surface area contributed by atoms with Gasteiger partial charge < -0.3 is 14.8 Å². The van der Waals surface area contributed by atoms with Crippen LogP contribution in [-0.2, 0) is 11.3 Å². The van der Waals surface area contributed by atoms with E-state index in [-0.39, 0.29) is 12.5 Å². The van der Waals surface area contributed by atoms with Crippen molar-refractivity contribution < 1.29 is 18.8 Å². The van der Waals surface area contributed by atoms with E-state index in [1.807, 2.05) is 39.7 Å². The zero-order valence-corrected chi connectivity index (χ0v) is 14.2. The molecule has 0 aliphatic heterocycles. The Balaban J connectivity index is 1.83. The number of fused-ring (bicyclic) bond motifs is 1. The van der Waals surface area contributed by atoms with E-state index in [1.54, 1.807) is 38.6 Å². The number of para-hydroxylation sites is 2. The maximum absolute atomic E-state index is 12.5. The molecule has 0 aliphatic carbocycles. The molecule has 1 aromatic heterocycles. The normalized spacial score (nSPS) is 10.5. The minimum Gasteiger partial charge on any atom is -0.497 e. The average molecular weight is 338 g/mol. The van der Waals surface area contributed by atoms with Gasteiger partial charge in [-0.15, -0.1) is 0 Å². The SMILES string of the molecule is C=Cn1c[n+](CC(=O)Nc2ccc(OC)cc2OC)c2ccccc21. The predicted molar refractivity (Wildman–Crippen MR) is 96.7 cm³/mol. The van der Waals surface area contributed by atoms with Crippen molar-refractivity contribution in [3.05, 3.63) is 55.4 Å². The van der Waals surface area contributed by atoms with E-state index in [4.69, 9.17) is 9.47 Å². The predicted octanol–water partition coefficient (Wildman–Crippen LogP) is 2.69. The number of anilines is 1. The van der Waals surface area contributed by atoms with Gasteiger partial charge in [-0.2, -0.15) is 0 Å². The minimum atomic E-state index is -0.152. The van der Waals surface area contributed by atoms with E-state index < -0.39 is 0 Å². The number of hydrogen-bond donors (Lipinski definition) is 1. The molecule has 0 radical (unpaired) electrons. The van der Waals surface area contributed by atoms with Crippen molar-refractivity contribution in [2.45, 2.75) is 6.54 Å². The van der Waals surface area contributed by atoms with Crippen LogP contribution >= 0.6 is 0 Å². The lowest BCUT2D eigenvalue weighted by Gasteiger charge is -2.11. The topological polar surface area (TPSA) is 56.4 Å². The van der Waals surface area contributed by atoms with Crippen LogP contribution in [0.4, 0.5) is 5.69 Å². The smallest absolute Gasteiger partial charge is 0.266 e. The molecule has 1 N–H and O–H groups in total. The molecule has 0 saturated carbocycles. The van der Waals surface area contributed by atoms with Crippen LogP contribution in [0.1, 0.15) is 0 Å². The minimum absolute atomic E-state index is 0.152. The van der Waals surface area contributed by atoms with Crippen molar-refractivity contribution in [3.63, 3.8) is 0 Å². The van der Waals surface area contributed by atoms with Crippen molar-refractivity contribution in [2.75, 3.05) is 19.5 Å². The van der Waals surface area contributed by atoms with Gasteiger partial charge in [-0.1, -0.05) is 18.7 Å². The summed E-state index contributed by atoms with van der Waals surface area (Å²) in [7, 11) is 3.13. The van der Waals surface area contributed by atoms with Gasteiger partial charge in [0, 0.05) is 6.07 Å². The molecule has 1 heterocycles. The van der Waals surface area contributed by atoms with Crippen LogP contribution in [0.25, 0.3) is 17.2 Å². The Kier molecular flexibility index (Phi) is 4.70. The summed E-state index contributed by atoms with van der Waals surface area (Å²) in [5.74, 6) is 1.06. The van der Waals surface area contributed by atoms with Crippen molar-refractivity contribution >= 4 is 28.8 Å². The van der Waals surface area contributed by atoms with E-state index in [9.17, 15) is 4.79 Å². The van der Waals surface area contributed by atoms with Gasteiger partial charge in [0.05, 0.1) is 26.1 Å². The molecular weight excluding hydrogens is 318 g/mol. The van der Waals surface area contributed by atoms with Gasteiger partial charge in [-0.25, -0.2) is 9.13 Å². The molecule has 0 aliphatic rings. The number of benzene rings is 2. The quantitative estimate of drug-likeness (QED) is 0.703. The molecule has 0 bridgehead atoms. The second kappa shape index (κ2) is 7.09. The largest absolute Gasteiger partial charge is 0.497 e. The molecule has 6 heteroatoms. The average Bonchev–Trinajstić information content (AvgIpc) is 2.99. The number of ether oxygens (including phenoxy) is 2. The lowest BCUT2D eigenvalue weighted by atomic mass is 10.2. The number of imidazole rings is 1. The Bertz CT molecular complexity index is 931. The molecule has 0 saturated heterocycles. The summed E-state index contributed by atoms with van der Waals surface area (Å²) >= 11 is 0. The first kappa shape index (κ1) is 16.6. The van der Waals surface area contributed by atoms with Crippen molar-refractivity contribution in [1.29, 1.82) is 0 Å². The van der Waals surface area contributed by atoms with Crippen LogP contribution in [0.5, 0.6) is 11.5 Å². The third-order valence-corrected chi connectivity index (χ3v) is 3.93. The monoisotopic (exact) mass is 338 g/mol. The van der Waals surface area contributed by atoms with E-state index in [0.717, 1.165) is 11.0 Å². The Labute approximate surface area is 145 Å². The first-order valence-electron chi connectivity index (χ1n) is 7.79. The summed E-state index contributed by atoms with van der Waals surface area (Å²) in [6.45, 7) is 3.98. The highest BCUT2D eigenvalue weighted by molar-refractivity contribution is 5.91. The van der Waals surface area contributed by atoms with Crippen LogP contribution < -0.4 is 19.4 Å². The molecule has 0 atom stereocenters. The number of carbonyl (C=O) groups excluding carboxylic acids is 1. The number of rotatable bonds is 6. The molecule has 25 heavy (non-hydrogen) atoms. The van der Waals surface area contributed by atoms with Gasteiger partial charge in [-0.05, 0) is 24.3 Å². The lowest BCUT2D eigenvalue weighted by Crippen LogP contribution is -2.39. The van der Waals surface area contributed by atoms with Crippen LogP contribution in [0, 0.1) is 0 Å². The Morgan fingerprint density at radius 1 is 1.24 bits per heavy atom. The summed E-state index contributed by atoms with van der Waals surface area (Å²) in [4.78, 5) is 12.5. The number of nitrogens with one attached hydrogen (secondary N) is 1. The van der Waals surface area contributed by atoms with Gasteiger partial charge >= 0.3 is 0 Å². The molecule has 3 aromatic rings. The lowest BCUT2D eigenvalue weighted by molar-refractivity contribution is -0.658. The van der Waals surface area contributed by atoms with Gasteiger partial charge in [0.2, 0.25) is 6.33 Å². The first-order chi connectivity index (χ1) is 12.2. The van der Waals surface area contributed by atoms with Crippen LogP contribution in [0.2, 0.25) is 0 Å². The number of aromatic nitrogens is 2. The summed E-state index contributed by atoms with van der Waals surface area (Å²) in [5, 5.41) is 2.88. The van der Waals surface area contributed by atoms with Crippen LogP contribution in [-0.4, -0.2) is 24.7 Å². The van der Waals surface area contributed by atoms with Gasteiger partial charge in [0.1, 0.15) is 11.5 Å². The van der Waals surface area contributed by atoms with E-state index in [2.05, 4.69) is 11.9 Å². The second-order valence-electron chi connectivity index (χ2n) is 5.44. The second-order valence-corrected chi connectivity index (χ2v) is 5.44. The molecule has 0 fully saturated rings. The molecule has 1 amide bonds. The molecule has 3 rings (SSSR count). The van der Waals surface area contributed by atoms with Crippen molar-refractivity contribution in [2.24, 2.45) is 0 Å². The maximum atomic E-state index is 12.5. The van der Waals surface area contributed by atoms with Crippen molar-refractivity contribution in [3.8, 4) is 11.5 Å². The first-order valence-corrected chi connectivity index (χ1v) is 7.79. The molecular formula is C19H20N3O3+. The maximum Gasteiger partial charge on any atom is 0.266 e. The third kappa shape index (κ3) is 3.33. The highest BCUT2D eigenvalue weighted by atomic mass is 16.5. The van der Waals surface area contributed by atoms with Gasteiger partial charge in [0.15, 0.2) is 17.6 Å². The molecule has 0 unspecified atom stereocenters. The van der Waals surface area contributed by atoms with Crippen LogP contribution in [0.3, 0.4) is 0 Å². The molecule has 2 aromatic carbocycles. The number of nitrogens with zero attached hydrogens (tertiary/aromatic N) is 2. The zero-order valence-electron chi connectivity index (χ0n) is 14.2. The summed E-state index contributed by atoms with van der Waals surface area (Å²) in [6, 6.07) is 13.1. The standard InChI is InChI=1S/C19H19N3O3/c1-4-21-13-22(17-8-6-5-7-16(17)21)12-19(23)20-15-10-9-14(24-2)11-18(15)25-3/h4-11,13H,1,12H2,2-3H3/p+1. The fourth-order valence-electron chi connectivity index (χ4n) is 2.72. The summed E-state index contributed by atoms with van der Waals surface area (Å²) in [6.07, 6.45) is 3.56. The van der Waals surface area contributed by atoms with Gasteiger partial charge in [0.25, 0.3) is 5.91 Å². The Hall–Kier alpha value is -3.28. The third-order valence-electron chi connectivity index (χ3n) is 3.93. The van der Waals surface area contributed by atoms with E-state index in [1.165, 1.54) is 0 Å². The number of carbonyl (C=O) groups is 1. The fraction of sp³-hybridized carbons (Fsp3) is 0.158. The Morgan fingerprint density at radius 3 is 2.76 bits per heavy atom. The van der Waals surface area contributed by atoms with Gasteiger partial charge in [-0.3, -0.25) is 4.79 Å².